The second kappa shape index (κ2) is 7.51. The minimum Gasteiger partial charge on any atom is -0.454 e. The molecule has 126 valence electrons. The third-order valence-corrected chi connectivity index (χ3v) is 3.16. The summed E-state index contributed by atoms with van der Waals surface area (Å²) in [5, 5.41) is 11.6. The summed E-state index contributed by atoms with van der Waals surface area (Å²) in [6.07, 6.45) is 1.09. The molecule has 1 aliphatic rings. The van der Waals surface area contributed by atoms with Crippen LogP contribution in [0, 0.1) is 0 Å². The van der Waals surface area contributed by atoms with Gasteiger partial charge in [-0.05, 0) is 19.1 Å². The third-order valence-electron chi connectivity index (χ3n) is 3.16. The molecule has 1 aliphatic heterocycles. The number of carbonyl (C=O) groups is 4. The van der Waals surface area contributed by atoms with Crippen LogP contribution in [0.3, 0.4) is 0 Å². The number of ether oxygens (including phenoxy) is 1. The highest BCUT2D eigenvalue weighted by Gasteiger charge is 2.31. The number of anilines is 1. The largest absolute Gasteiger partial charge is 0.454 e. The van der Waals surface area contributed by atoms with Gasteiger partial charge < -0.3 is 15.2 Å². The quantitative estimate of drug-likeness (QED) is 0.537. The van der Waals surface area contributed by atoms with E-state index in [1.807, 2.05) is 0 Å². The SMILES string of the molecule is CC(=O)COC(=O)c1ccccc1NC1=CC(=O)N(CCO)C1=O. The topological polar surface area (TPSA) is 113 Å². The zero-order chi connectivity index (χ0) is 17.7. The van der Waals surface area contributed by atoms with E-state index in [1.54, 1.807) is 12.1 Å². The van der Waals surface area contributed by atoms with Gasteiger partial charge in [-0.2, -0.15) is 0 Å². The van der Waals surface area contributed by atoms with Crippen LogP contribution in [-0.4, -0.2) is 53.3 Å². The fraction of sp³-hybridized carbons (Fsp3) is 0.250. The van der Waals surface area contributed by atoms with Gasteiger partial charge in [0.25, 0.3) is 11.8 Å². The average molecular weight is 332 g/mol. The summed E-state index contributed by atoms with van der Waals surface area (Å²) in [4.78, 5) is 47.7. The number of nitrogens with one attached hydrogen (secondary N) is 1. The van der Waals surface area contributed by atoms with Gasteiger partial charge in [0.05, 0.1) is 24.4 Å². The standard InChI is InChI=1S/C16H16N2O6/c1-10(20)9-24-16(23)11-4-2-3-5-12(11)17-13-8-14(21)18(6-7-19)15(13)22/h2-5,8,17,19H,6-7,9H2,1H3. The second-order valence-electron chi connectivity index (χ2n) is 5.03. The number of esters is 1. The lowest BCUT2D eigenvalue weighted by Gasteiger charge is -2.14. The molecule has 0 saturated heterocycles. The monoisotopic (exact) mass is 332 g/mol. The normalized spacial score (nSPS) is 13.8. The number of hydrogen-bond acceptors (Lipinski definition) is 7. The molecular weight excluding hydrogens is 316 g/mol. The Labute approximate surface area is 137 Å². The summed E-state index contributed by atoms with van der Waals surface area (Å²) in [5.74, 6) is -2.17. The number of aliphatic hydroxyl groups excluding tert-OH is 1. The number of hydrogen-bond donors (Lipinski definition) is 2. The van der Waals surface area contributed by atoms with E-state index in [0.717, 1.165) is 11.0 Å². The molecule has 0 atom stereocenters. The zero-order valence-electron chi connectivity index (χ0n) is 12.9. The van der Waals surface area contributed by atoms with Crippen molar-refractivity contribution in [1.82, 2.24) is 4.90 Å². The van der Waals surface area contributed by atoms with Gasteiger partial charge in [0.1, 0.15) is 12.3 Å². The van der Waals surface area contributed by atoms with Crippen LogP contribution in [0.5, 0.6) is 0 Å². The van der Waals surface area contributed by atoms with Crippen molar-refractivity contribution in [3.8, 4) is 0 Å². The number of ketones is 1. The van der Waals surface area contributed by atoms with Crippen LogP contribution in [0.4, 0.5) is 5.69 Å². The van der Waals surface area contributed by atoms with Gasteiger partial charge in [-0.1, -0.05) is 12.1 Å². The Hall–Kier alpha value is -3.00. The van der Waals surface area contributed by atoms with Gasteiger partial charge in [0.15, 0.2) is 5.78 Å². The van der Waals surface area contributed by atoms with Crippen LogP contribution in [0.1, 0.15) is 17.3 Å². The number of amides is 2. The minimum absolute atomic E-state index is 0.0136. The second-order valence-corrected chi connectivity index (χ2v) is 5.03. The summed E-state index contributed by atoms with van der Waals surface area (Å²) in [5.41, 5.74) is 0.380. The summed E-state index contributed by atoms with van der Waals surface area (Å²) in [6, 6.07) is 6.25. The van der Waals surface area contributed by atoms with E-state index in [-0.39, 0.29) is 42.5 Å². The molecule has 2 rings (SSSR count). The fourth-order valence-electron chi connectivity index (χ4n) is 2.07. The van der Waals surface area contributed by atoms with Crippen LogP contribution < -0.4 is 5.32 Å². The highest BCUT2D eigenvalue weighted by atomic mass is 16.5. The van der Waals surface area contributed by atoms with Crippen molar-refractivity contribution in [2.45, 2.75) is 6.92 Å². The summed E-state index contributed by atoms with van der Waals surface area (Å²) in [6.45, 7) is 0.493. The first-order valence-electron chi connectivity index (χ1n) is 7.15. The molecule has 8 nitrogen and oxygen atoms in total. The van der Waals surface area contributed by atoms with Crippen LogP contribution in [0.2, 0.25) is 0 Å². The molecule has 0 saturated carbocycles. The maximum absolute atomic E-state index is 12.1. The van der Waals surface area contributed by atoms with Gasteiger partial charge in [-0.15, -0.1) is 0 Å². The highest BCUT2D eigenvalue weighted by Crippen LogP contribution is 2.21. The average Bonchev–Trinajstić information content (AvgIpc) is 2.81. The van der Waals surface area contributed by atoms with Crippen molar-refractivity contribution >= 4 is 29.3 Å². The maximum Gasteiger partial charge on any atom is 0.340 e. The predicted molar refractivity (Wildman–Crippen MR) is 82.9 cm³/mol. The Morgan fingerprint density at radius 1 is 1.25 bits per heavy atom. The minimum atomic E-state index is -0.724. The summed E-state index contributed by atoms with van der Waals surface area (Å²) in [7, 11) is 0. The number of benzene rings is 1. The van der Waals surface area contributed by atoms with Crippen molar-refractivity contribution < 1.29 is 29.0 Å². The molecular formula is C16H16N2O6. The van der Waals surface area contributed by atoms with Gasteiger partial charge in [0.2, 0.25) is 0 Å². The summed E-state index contributed by atoms with van der Waals surface area (Å²) >= 11 is 0. The van der Waals surface area contributed by atoms with Crippen LogP contribution in [0.15, 0.2) is 36.0 Å². The lowest BCUT2D eigenvalue weighted by atomic mass is 10.1. The van der Waals surface area contributed by atoms with Crippen LogP contribution >= 0.6 is 0 Å². The Kier molecular flexibility index (Phi) is 5.43. The number of Topliss-reactive ketones (excluding diaryl/α,β-unsaturated/α-hetero) is 1. The van der Waals surface area contributed by atoms with E-state index >= 15 is 0 Å². The number of carbonyl (C=O) groups excluding carboxylic acids is 4. The molecule has 0 aromatic heterocycles. The molecule has 0 spiro atoms. The number of para-hydroxylation sites is 1. The molecule has 24 heavy (non-hydrogen) atoms. The van der Waals surface area contributed by atoms with E-state index in [1.165, 1.54) is 19.1 Å². The fourth-order valence-corrected chi connectivity index (χ4v) is 2.07. The molecule has 1 heterocycles. The van der Waals surface area contributed by atoms with E-state index in [0.29, 0.717) is 0 Å². The Morgan fingerprint density at radius 2 is 1.96 bits per heavy atom. The first-order valence-corrected chi connectivity index (χ1v) is 7.15. The molecule has 1 aromatic rings. The number of β-amino-alcohol motifs (C(OH)–C–C–N with tert-alkyl or cyclic N) is 1. The number of rotatable bonds is 7. The number of aliphatic hydroxyl groups is 1. The third kappa shape index (κ3) is 3.85. The lowest BCUT2D eigenvalue weighted by molar-refractivity contribution is -0.137. The van der Waals surface area contributed by atoms with Crippen LogP contribution in [-0.2, 0) is 19.1 Å². The summed E-state index contributed by atoms with van der Waals surface area (Å²) < 4.78 is 4.86. The van der Waals surface area contributed by atoms with Gasteiger partial charge in [-0.3, -0.25) is 19.3 Å². The molecule has 0 unspecified atom stereocenters. The number of imide groups is 1. The predicted octanol–water partition coefficient (Wildman–Crippen LogP) is 0.0893. The van der Waals surface area contributed by atoms with Crippen molar-refractivity contribution in [2.24, 2.45) is 0 Å². The first kappa shape index (κ1) is 17.4. The Balaban J connectivity index is 2.18. The van der Waals surface area contributed by atoms with Crippen molar-refractivity contribution in [2.75, 3.05) is 25.1 Å². The highest BCUT2D eigenvalue weighted by molar-refractivity contribution is 6.17. The Morgan fingerprint density at radius 3 is 2.62 bits per heavy atom. The van der Waals surface area contributed by atoms with Gasteiger partial charge in [0, 0.05) is 6.08 Å². The molecule has 0 fully saturated rings. The smallest absolute Gasteiger partial charge is 0.340 e. The molecule has 8 heteroatoms. The van der Waals surface area contributed by atoms with Crippen LogP contribution in [0.25, 0.3) is 0 Å². The molecule has 1 aromatic carbocycles. The Bertz CT molecular complexity index is 725. The van der Waals surface area contributed by atoms with E-state index in [4.69, 9.17) is 9.84 Å². The molecule has 0 aliphatic carbocycles. The molecule has 2 amide bonds. The molecule has 0 radical (unpaired) electrons. The molecule has 2 N–H and O–H groups in total. The van der Waals surface area contributed by atoms with Crippen molar-refractivity contribution in [3.05, 3.63) is 41.6 Å². The van der Waals surface area contributed by atoms with E-state index in [9.17, 15) is 19.2 Å². The van der Waals surface area contributed by atoms with Gasteiger partial charge in [-0.25, -0.2) is 4.79 Å². The maximum atomic E-state index is 12.1. The first-order chi connectivity index (χ1) is 11.4. The zero-order valence-corrected chi connectivity index (χ0v) is 12.9. The van der Waals surface area contributed by atoms with Crippen molar-refractivity contribution in [3.63, 3.8) is 0 Å². The molecule has 0 bridgehead atoms. The van der Waals surface area contributed by atoms with Crippen molar-refractivity contribution in [1.29, 1.82) is 0 Å². The number of nitrogens with zero attached hydrogens (tertiary/aromatic N) is 1. The van der Waals surface area contributed by atoms with E-state index < -0.39 is 17.8 Å². The lowest BCUT2D eigenvalue weighted by Crippen LogP contribution is -2.34. The van der Waals surface area contributed by atoms with Gasteiger partial charge >= 0.3 is 5.97 Å². The van der Waals surface area contributed by atoms with E-state index in [2.05, 4.69) is 5.32 Å².